The molecule has 1 heterocycles. The number of hydrogen-bond donors (Lipinski definition) is 2. The summed E-state index contributed by atoms with van der Waals surface area (Å²) in [5, 5.41) is 13.6. The maximum atomic E-state index is 11.8. The molecule has 2 N–H and O–H groups in total. The number of carboxylic acid groups (broad SMARTS) is 1. The lowest BCUT2D eigenvalue weighted by Crippen LogP contribution is -2.09. The summed E-state index contributed by atoms with van der Waals surface area (Å²) in [5.41, 5.74) is 0.516. The fourth-order valence-electron chi connectivity index (χ4n) is 1.67. The lowest BCUT2D eigenvalue weighted by Gasteiger charge is -2.08. The summed E-state index contributed by atoms with van der Waals surface area (Å²) in [6, 6.07) is 8.18. The predicted molar refractivity (Wildman–Crippen MR) is 81.9 cm³/mol. The van der Waals surface area contributed by atoms with Crippen LogP contribution < -0.4 is 10.1 Å². The van der Waals surface area contributed by atoms with Gasteiger partial charge in [0, 0.05) is 22.7 Å². The molecule has 1 aromatic carbocycles. The van der Waals surface area contributed by atoms with Gasteiger partial charge < -0.3 is 15.2 Å². The van der Waals surface area contributed by atoms with Crippen molar-refractivity contribution in [2.45, 2.75) is 0 Å². The Bertz CT molecular complexity index is 677. The molecule has 1 aromatic heterocycles. The number of carbonyl (C=O) groups is 2. The van der Waals surface area contributed by atoms with Crippen molar-refractivity contribution in [3.05, 3.63) is 52.2 Å². The van der Waals surface area contributed by atoms with E-state index in [2.05, 4.69) is 5.32 Å². The second-order valence-electron chi connectivity index (χ2n) is 4.06. The molecule has 2 rings (SSSR count). The highest BCUT2D eigenvalue weighted by Crippen LogP contribution is 2.23. The van der Waals surface area contributed by atoms with Crippen molar-refractivity contribution in [3.8, 4) is 5.75 Å². The topological polar surface area (TPSA) is 75.6 Å². The monoisotopic (exact) mass is 303 g/mol. The van der Waals surface area contributed by atoms with Gasteiger partial charge in [0.25, 0.3) is 0 Å². The van der Waals surface area contributed by atoms with E-state index in [1.54, 1.807) is 6.08 Å². The Labute approximate surface area is 125 Å². The summed E-state index contributed by atoms with van der Waals surface area (Å²) in [6.45, 7) is 0. The van der Waals surface area contributed by atoms with E-state index in [1.165, 1.54) is 42.7 Å². The number of ether oxygens (including phenoxy) is 1. The Kier molecular flexibility index (Phi) is 4.73. The van der Waals surface area contributed by atoms with Gasteiger partial charge in [0.1, 0.15) is 11.3 Å². The molecule has 1 amide bonds. The van der Waals surface area contributed by atoms with Crippen LogP contribution in [0.5, 0.6) is 5.75 Å². The van der Waals surface area contributed by atoms with Crippen LogP contribution in [0.2, 0.25) is 0 Å². The second kappa shape index (κ2) is 6.71. The molecule has 0 radical (unpaired) electrons. The highest BCUT2D eigenvalue weighted by atomic mass is 32.1. The van der Waals surface area contributed by atoms with Crippen molar-refractivity contribution in [2.75, 3.05) is 12.4 Å². The van der Waals surface area contributed by atoms with Crippen LogP contribution >= 0.6 is 11.3 Å². The van der Waals surface area contributed by atoms with Gasteiger partial charge in [0.15, 0.2) is 0 Å². The molecule has 0 bridgehead atoms. The number of hydrogen-bond acceptors (Lipinski definition) is 4. The van der Waals surface area contributed by atoms with Crippen LogP contribution in [0.3, 0.4) is 0 Å². The van der Waals surface area contributed by atoms with Crippen LogP contribution in [0, 0.1) is 0 Å². The van der Waals surface area contributed by atoms with Gasteiger partial charge in [-0.1, -0.05) is 6.07 Å². The van der Waals surface area contributed by atoms with Gasteiger partial charge in [-0.05, 0) is 29.7 Å². The van der Waals surface area contributed by atoms with Crippen LogP contribution in [-0.2, 0) is 4.79 Å². The van der Waals surface area contributed by atoms with Gasteiger partial charge in [-0.2, -0.15) is 0 Å². The van der Waals surface area contributed by atoms with E-state index in [4.69, 9.17) is 9.84 Å². The number of benzene rings is 1. The van der Waals surface area contributed by atoms with Crippen LogP contribution in [0.15, 0.2) is 41.8 Å². The number of carbonyl (C=O) groups excluding carboxylic acids is 1. The molecular formula is C15H13NO4S. The number of anilines is 1. The number of carboxylic acids is 1. The first-order chi connectivity index (χ1) is 10.1. The number of methoxy groups -OCH3 is 1. The largest absolute Gasteiger partial charge is 0.496 e. The molecule has 0 spiro atoms. The van der Waals surface area contributed by atoms with E-state index < -0.39 is 5.97 Å². The molecule has 0 atom stereocenters. The van der Waals surface area contributed by atoms with Crippen LogP contribution in [-0.4, -0.2) is 24.1 Å². The Hall–Kier alpha value is -2.60. The molecule has 0 aliphatic carbocycles. The Balaban J connectivity index is 2.09. The molecule has 2 aromatic rings. The summed E-state index contributed by atoms with van der Waals surface area (Å²) in [7, 11) is 1.38. The average molecular weight is 303 g/mol. The molecule has 108 valence electrons. The first-order valence-electron chi connectivity index (χ1n) is 6.04. The van der Waals surface area contributed by atoms with E-state index >= 15 is 0 Å². The van der Waals surface area contributed by atoms with Crippen molar-refractivity contribution >= 4 is 35.0 Å². The molecule has 0 aliphatic rings. The van der Waals surface area contributed by atoms with Crippen molar-refractivity contribution in [1.29, 1.82) is 0 Å². The third kappa shape index (κ3) is 3.93. The number of amides is 1. The van der Waals surface area contributed by atoms with Crippen molar-refractivity contribution in [2.24, 2.45) is 0 Å². The van der Waals surface area contributed by atoms with E-state index in [0.717, 1.165) is 4.88 Å². The van der Waals surface area contributed by atoms with E-state index in [0.29, 0.717) is 5.69 Å². The Morgan fingerprint density at radius 1 is 1.33 bits per heavy atom. The lowest BCUT2D eigenvalue weighted by atomic mass is 10.2. The fourth-order valence-corrected chi connectivity index (χ4v) is 2.29. The van der Waals surface area contributed by atoms with Gasteiger partial charge in [0.2, 0.25) is 5.91 Å². The van der Waals surface area contributed by atoms with E-state index in [1.807, 2.05) is 17.5 Å². The molecule has 0 saturated heterocycles. The van der Waals surface area contributed by atoms with Gasteiger partial charge in [-0.15, -0.1) is 11.3 Å². The predicted octanol–water partition coefficient (Wildman–Crippen LogP) is 3.11. The lowest BCUT2D eigenvalue weighted by molar-refractivity contribution is -0.111. The van der Waals surface area contributed by atoms with Crippen LogP contribution in [0.1, 0.15) is 15.2 Å². The van der Waals surface area contributed by atoms with Crippen LogP contribution in [0.25, 0.3) is 6.08 Å². The third-order valence-corrected chi connectivity index (χ3v) is 3.48. The minimum atomic E-state index is -1.08. The zero-order chi connectivity index (χ0) is 15.2. The standard InChI is InChI=1S/C15H13NO4S/c1-20-13-9-10(4-6-12(13)15(18)19)16-14(17)7-5-11-3-2-8-21-11/h2-9H,1H3,(H,16,17)(H,18,19)/b7-5+. The average Bonchev–Trinajstić information content (AvgIpc) is 2.98. The molecule has 0 saturated carbocycles. The van der Waals surface area contributed by atoms with Gasteiger partial charge in [-0.25, -0.2) is 4.79 Å². The van der Waals surface area contributed by atoms with Crippen molar-refractivity contribution in [1.82, 2.24) is 0 Å². The summed E-state index contributed by atoms with van der Waals surface area (Å²) in [4.78, 5) is 23.7. The fraction of sp³-hybridized carbons (Fsp3) is 0.0667. The number of aromatic carboxylic acids is 1. The third-order valence-electron chi connectivity index (χ3n) is 2.64. The molecule has 0 fully saturated rings. The van der Waals surface area contributed by atoms with Gasteiger partial charge in [-0.3, -0.25) is 4.79 Å². The maximum absolute atomic E-state index is 11.8. The molecule has 0 unspecified atom stereocenters. The van der Waals surface area contributed by atoms with Gasteiger partial charge >= 0.3 is 5.97 Å². The minimum Gasteiger partial charge on any atom is -0.496 e. The van der Waals surface area contributed by atoms with Gasteiger partial charge in [0.05, 0.1) is 7.11 Å². The summed E-state index contributed by atoms with van der Waals surface area (Å²) in [6.07, 6.45) is 3.13. The normalized spacial score (nSPS) is 10.5. The van der Waals surface area contributed by atoms with Crippen LogP contribution in [0.4, 0.5) is 5.69 Å². The summed E-state index contributed by atoms with van der Waals surface area (Å²) < 4.78 is 5.00. The molecule has 5 nitrogen and oxygen atoms in total. The molecule has 6 heteroatoms. The SMILES string of the molecule is COc1cc(NC(=O)/C=C/c2cccs2)ccc1C(=O)O. The van der Waals surface area contributed by atoms with Crippen molar-refractivity contribution < 1.29 is 19.4 Å². The van der Waals surface area contributed by atoms with E-state index in [-0.39, 0.29) is 17.2 Å². The first kappa shape index (κ1) is 14.8. The number of rotatable bonds is 5. The van der Waals surface area contributed by atoms with Crippen molar-refractivity contribution in [3.63, 3.8) is 0 Å². The molecule has 0 aliphatic heterocycles. The highest BCUT2D eigenvalue weighted by molar-refractivity contribution is 7.10. The minimum absolute atomic E-state index is 0.0460. The zero-order valence-electron chi connectivity index (χ0n) is 11.2. The maximum Gasteiger partial charge on any atom is 0.339 e. The molecule has 21 heavy (non-hydrogen) atoms. The highest BCUT2D eigenvalue weighted by Gasteiger charge is 2.11. The Morgan fingerprint density at radius 2 is 2.14 bits per heavy atom. The first-order valence-corrected chi connectivity index (χ1v) is 6.92. The zero-order valence-corrected chi connectivity index (χ0v) is 12.0. The smallest absolute Gasteiger partial charge is 0.339 e. The van der Waals surface area contributed by atoms with E-state index in [9.17, 15) is 9.59 Å². The number of nitrogens with one attached hydrogen (secondary N) is 1. The summed E-state index contributed by atoms with van der Waals surface area (Å²) >= 11 is 1.53. The number of thiophene rings is 1. The second-order valence-corrected chi connectivity index (χ2v) is 5.04. The summed E-state index contributed by atoms with van der Waals surface area (Å²) in [5.74, 6) is -1.18. The molecular weight excluding hydrogens is 290 g/mol. The quantitative estimate of drug-likeness (QED) is 0.832. The Morgan fingerprint density at radius 3 is 2.76 bits per heavy atom.